The number of carbonyl (C=O) groups excluding carboxylic acids is 2. The smallest absolute Gasteiger partial charge is 0.321 e. The van der Waals surface area contributed by atoms with E-state index in [2.05, 4.69) is 10.6 Å². The third-order valence-corrected chi connectivity index (χ3v) is 5.75. The van der Waals surface area contributed by atoms with Crippen molar-refractivity contribution in [3.63, 3.8) is 0 Å². The normalized spacial score (nSPS) is 18.3. The summed E-state index contributed by atoms with van der Waals surface area (Å²) >= 11 is 0. The van der Waals surface area contributed by atoms with E-state index < -0.39 is 5.41 Å². The van der Waals surface area contributed by atoms with E-state index in [1.165, 1.54) is 5.56 Å². The van der Waals surface area contributed by atoms with Crippen LogP contribution >= 0.6 is 0 Å². The summed E-state index contributed by atoms with van der Waals surface area (Å²) in [5, 5.41) is 5.93. The van der Waals surface area contributed by atoms with Crippen LogP contribution in [-0.4, -0.2) is 44.1 Å². The van der Waals surface area contributed by atoms with Crippen LogP contribution in [0.2, 0.25) is 0 Å². The van der Waals surface area contributed by atoms with Gasteiger partial charge < -0.3 is 25.0 Å². The van der Waals surface area contributed by atoms with E-state index >= 15 is 0 Å². The fraction of sp³-hybridized carbons (Fsp3) is 0.417. The molecular weight excluding hydrogens is 394 g/mol. The van der Waals surface area contributed by atoms with E-state index in [0.717, 1.165) is 18.4 Å². The van der Waals surface area contributed by atoms with E-state index in [1.54, 1.807) is 37.3 Å². The summed E-state index contributed by atoms with van der Waals surface area (Å²) in [5.41, 5.74) is 2.13. The minimum atomic E-state index is -0.640. The summed E-state index contributed by atoms with van der Waals surface area (Å²) in [5.74, 6) is 1.13. The Morgan fingerprint density at radius 2 is 1.84 bits per heavy atom. The SMILES string of the molecule is COc1ccc(OC)c(NC(=O)N2CCC[C@](C)(C(=O)NCc3ccc(C)cc3)C2)c1. The van der Waals surface area contributed by atoms with E-state index in [1.807, 2.05) is 38.1 Å². The molecule has 7 heteroatoms. The van der Waals surface area contributed by atoms with Gasteiger partial charge in [0.05, 0.1) is 25.3 Å². The van der Waals surface area contributed by atoms with Crippen molar-refractivity contribution in [3.05, 3.63) is 53.6 Å². The molecule has 166 valence electrons. The van der Waals surface area contributed by atoms with Crippen LogP contribution in [0.15, 0.2) is 42.5 Å². The topological polar surface area (TPSA) is 79.9 Å². The molecule has 1 aliphatic rings. The summed E-state index contributed by atoms with van der Waals surface area (Å²) in [7, 11) is 3.12. The van der Waals surface area contributed by atoms with Gasteiger partial charge in [0.2, 0.25) is 5.91 Å². The maximum Gasteiger partial charge on any atom is 0.321 e. The zero-order valence-corrected chi connectivity index (χ0v) is 18.7. The second-order valence-electron chi connectivity index (χ2n) is 8.25. The van der Waals surface area contributed by atoms with Crippen LogP contribution < -0.4 is 20.1 Å². The molecule has 0 saturated carbocycles. The van der Waals surface area contributed by atoms with Crippen molar-refractivity contribution in [1.29, 1.82) is 0 Å². The highest BCUT2D eigenvalue weighted by Gasteiger charge is 2.39. The average Bonchev–Trinajstić information content (AvgIpc) is 2.78. The maximum atomic E-state index is 13.0. The molecule has 0 spiro atoms. The molecule has 0 aliphatic carbocycles. The van der Waals surface area contributed by atoms with E-state index in [4.69, 9.17) is 9.47 Å². The van der Waals surface area contributed by atoms with Crippen LogP contribution in [0.4, 0.5) is 10.5 Å². The molecule has 1 aliphatic heterocycles. The molecule has 0 aromatic heterocycles. The van der Waals surface area contributed by atoms with Gasteiger partial charge in [0.25, 0.3) is 0 Å². The van der Waals surface area contributed by atoms with Crippen LogP contribution in [0.1, 0.15) is 30.9 Å². The lowest BCUT2D eigenvalue weighted by molar-refractivity contribution is -0.132. The van der Waals surface area contributed by atoms with Gasteiger partial charge in [-0.15, -0.1) is 0 Å². The largest absolute Gasteiger partial charge is 0.497 e. The van der Waals surface area contributed by atoms with Gasteiger partial charge in [0, 0.05) is 25.7 Å². The summed E-state index contributed by atoms with van der Waals surface area (Å²) in [6.07, 6.45) is 1.50. The third-order valence-electron chi connectivity index (χ3n) is 5.75. The molecule has 0 unspecified atom stereocenters. The number of anilines is 1. The molecule has 2 aromatic carbocycles. The molecule has 7 nitrogen and oxygen atoms in total. The Hall–Kier alpha value is -3.22. The lowest BCUT2D eigenvalue weighted by atomic mass is 9.81. The minimum absolute atomic E-state index is 0.0375. The Bertz CT molecular complexity index is 929. The Balaban J connectivity index is 1.64. The molecule has 31 heavy (non-hydrogen) atoms. The molecule has 0 bridgehead atoms. The molecule has 2 N–H and O–H groups in total. The van der Waals surface area contributed by atoms with Crippen molar-refractivity contribution >= 4 is 17.6 Å². The zero-order chi connectivity index (χ0) is 22.4. The quantitative estimate of drug-likeness (QED) is 0.734. The number of hydrogen-bond acceptors (Lipinski definition) is 4. The number of amides is 3. The van der Waals surface area contributed by atoms with Crippen molar-refractivity contribution in [3.8, 4) is 11.5 Å². The van der Waals surface area contributed by atoms with E-state index in [0.29, 0.717) is 36.8 Å². The highest BCUT2D eigenvalue weighted by Crippen LogP contribution is 2.32. The number of hydrogen-bond donors (Lipinski definition) is 2. The Morgan fingerprint density at radius 3 is 2.52 bits per heavy atom. The number of aryl methyl sites for hydroxylation is 1. The van der Waals surface area contributed by atoms with Gasteiger partial charge in [-0.1, -0.05) is 29.8 Å². The first kappa shape index (κ1) is 22.5. The summed E-state index contributed by atoms with van der Waals surface area (Å²) in [6.45, 7) is 5.38. The minimum Gasteiger partial charge on any atom is -0.497 e. The van der Waals surface area contributed by atoms with Gasteiger partial charge in [-0.05, 0) is 44.4 Å². The number of ether oxygens (including phenoxy) is 2. The van der Waals surface area contributed by atoms with Crippen molar-refractivity contribution in [2.75, 3.05) is 32.6 Å². The number of rotatable bonds is 6. The average molecular weight is 426 g/mol. The Kier molecular flexibility index (Phi) is 7.05. The predicted molar refractivity (Wildman–Crippen MR) is 121 cm³/mol. The van der Waals surface area contributed by atoms with Crippen LogP contribution in [-0.2, 0) is 11.3 Å². The molecule has 3 amide bonds. The number of carbonyl (C=O) groups is 2. The Labute approximate surface area is 183 Å². The van der Waals surface area contributed by atoms with Gasteiger partial charge in [-0.2, -0.15) is 0 Å². The summed E-state index contributed by atoms with van der Waals surface area (Å²) in [4.78, 5) is 27.6. The standard InChI is InChI=1S/C24H31N3O4/c1-17-6-8-18(9-7-17)15-25-22(28)24(2)12-5-13-27(16-24)23(29)26-20-14-19(30-3)10-11-21(20)31-4/h6-11,14H,5,12-13,15-16H2,1-4H3,(H,25,28)(H,26,29)/t24-/m0/s1. The van der Waals surface area contributed by atoms with Gasteiger partial charge >= 0.3 is 6.03 Å². The number of piperidine rings is 1. The molecule has 2 aromatic rings. The molecule has 3 rings (SSSR count). The summed E-state index contributed by atoms with van der Waals surface area (Å²) in [6, 6.07) is 13.1. The number of methoxy groups -OCH3 is 2. The molecular formula is C24H31N3O4. The highest BCUT2D eigenvalue weighted by atomic mass is 16.5. The van der Waals surface area contributed by atoms with Gasteiger partial charge in [0.1, 0.15) is 11.5 Å². The maximum absolute atomic E-state index is 13.0. The molecule has 1 saturated heterocycles. The van der Waals surface area contributed by atoms with Crippen LogP contribution in [0.25, 0.3) is 0 Å². The second-order valence-corrected chi connectivity index (χ2v) is 8.25. The lowest BCUT2D eigenvalue weighted by Crippen LogP contribution is -2.52. The van der Waals surface area contributed by atoms with Crippen molar-refractivity contribution in [2.45, 2.75) is 33.2 Å². The van der Waals surface area contributed by atoms with Crippen molar-refractivity contribution < 1.29 is 19.1 Å². The zero-order valence-electron chi connectivity index (χ0n) is 18.7. The summed E-state index contributed by atoms with van der Waals surface area (Å²) < 4.78 is 10.6. The van der Waals surface area contributed by atoms with Crippen LogP contribution in [0.5, 0.6) is 11.5 Å². The predicted octanol–water partition coefficient (Wildman–Crippen LogP) is 3.96. The third kappa shape index (κ3) is 5.48. The number of likely N-dealkylation sites (tertiary alicyclic amines) is 1. The first-order chi connectivity index (χ1) is 14.8. The first-order valence-electron chi connectivity index (χ1n) is 10.5. The molecule has 0 radical (unpaired) electrons. The number of urea groups is 1. The Morgan fingerprint density at radius 1 is 1.10 bits per heavy atom. The number of benzene rings is 2. The van der Waals surface area contributed by atoms with Gasteiger partial charge in [0.15, 0.2) is 0 Å². The van der Waals surface area contributed by atoms with Crippen LogP contribution in [0.3, 0.4) is 0 Å². The van der Waals surface area contributed by atoms with Gasteiger partial charge in [-0.25, -0.2) is 4.79 Å². The fourth-order valence-corrected chi connectivity index (χ4v) is 3.81. The van der Waals surface area contributed by atoms with Gasteiger partial charge in [-0.3, -0.25) is 4.79 Å². The van der Waals surface area contributed by atoms with Crippen molar-refractivity contribution in [2.24, 2.45) is 5.41 Å². The molecule has 1 heterocycles. The van der Waals surface area contributed by atoms with Crippen LogP contribution in [0, 0.1) is 12.3 Å². The second kappa shape index (κ2) is 9.73. The van der Waals surface area contributed by atoms with E-state index in [-0.39, 0.29) is 11.9 Å². The lowest BCUT2D eigenvalue weighted by Gasteiger charge is -2.39. The first-order valence-corrected chi connectivity index (χ1v) is 10.5. The molecule has 1 fully saturated rings. The molecule has 1 atom stereocenters. The number of nitrogens with zero attached hydrogens (tertiary/aromatic N) is 1. The number of nitrogens with one attached hydrogen (secondary N) is 2. The fourth-order valence-electron chi connectivity index (χ4n) is 3.81. The van der Waals surface area contributed by atoms with E-state index in [9.17, 15) is 9.59 Å². The monoisotopic (exact) mass is 425 g/mol. The van der Waals surface area contributed by atoms with Crippen molar-refractivity contribution in [1.82, 2.24) is 10.2 Å². The highest BCUT2D eigenvalue weighted by molar-refractivity contribution is 5.92.